The summed E-state index contributed by atoms with van der Waals surface area (Å²) in [5.41, 5.74) is 3.18. The molecule has 1 aliphatic heterocycles. The van der Waals surface area contributed by atoms with E-state index in [-0.39, 0.29) is 11.3 Å². The molecular formula is C22H31N3O. The Morgan fingerprint density at radius 3 is 2.81 bits per heavy atom. The van der Waals surface area contributed by atoms with Gasteiger partial charge in [0, 0.05) is 41.8 Å². The average molecular weight is 354 g/mol. The van der Waals surface area contributed by atoms with Crippen LogP contribution in [0.5, 0.6) is 0 Å². The quantitative estimate of drug-likeness (QED) is 0.897. The van der Waals surface area contributed by atoms with E-state index >= 15 is 0 Å². The minimum atomic E-state index is -0.328. The number of para-hydroxylation sites is 1. The number of hydrogen-bond acceptors (Lipinski definition) is 3. The van der Waals surface area contributed by atoms with Crippen LogP contribution in [0.15, 0.2) is 30.3 Å². The van der Waals surface area contributed by atoms with Crippen molar-refractivity contribution in [3.63, 3.8) is 0 Å². The van der Waals surface area contributed by atoms with Crippen LogP contribution in [0.2, 0.25) is 0 Å². The standard InChI is InChI=1S/C22H31N3O/c1-5-17-13-20(18-10-6-7-11-19(18)24-17)25-12-8-9-16(15-25)14-23-21(26)22(2,3)4/h6-7,10-11,13,16H,5,8-9,12,14-15H2,1-4H3,(H,23,26). The number of pyridine rings is 1. The summed E-state index contributed by atoms with van der Waals surface area (Å²) >= 11 is 0. The maximum absolute atomic E-state index is 12.2. The molecule has 1 aromatic carbocycles. The van der Waals surface area contributed by atoms with E-state index in [1.807, 2.05) is 20.8 Å². The monoisotopic (exact) mass is 353 g/mol. The van der Waals surface area contributed by atoms with E-state index in [1.165, 1.54) is 17.5 Å². The molecule has 1 fully saturated rings. The van der Waals surface area contributed by atoms with Crippen LogP contribution in [-0.2, 0) is 11.2 Å². The van der Waals surface area contributed by atoms with Crippen molar-refractivity contribution in [2.75, 3.05) is 24.5 Å². The normalized spacial score (nSPS) is 18.2. The van der Waals surface area contributed by atoms with Gasteiger partial charge in [0.05, 0.1) is 5.52 Å². The number of amides is 1. The molecule has 0 spiro atoms. The Labute approximate surface area is 157 Å². The molecular weight excluding hydrogens is 322 g/mol. The van der Waals surface area contributed by atoms with E-state index in [0.29, 0.717) is 5.92 Å². The number of carbonyl (C=O) groups is 1. The molecule has 1 atom stereocenters. The summed E-state index contributed by atoms with van der Waals surface area (Å²) < 4.78 is 0. The van der Waals surface area contributed by atoms with Gasteiger partial charge in [-0.15, -0.1) is 0 Å². The molecule has 0 radical (unpaired) electrons. The smallest absolute Gasteiger partial charge is 0.225 e. The third kappa shape index (κ3) is 4.17. The molecule has 4 nitrogen and oxygen atoms in total. The van der Waals surface area contributed by atoms with Gasteiger partial charge in [-0.3, -0.25) is 9.78 Å². The molecule has 0 saturated carbocycles. The van der Waals surface area contributed by atoms with Gasteiger partial charge < -0.3 is 10.2 Å². The zero-order chi connectivity index (χ0) is 18.7. The second-order valence-corrected chi connectivity index (χ2v) is 8.42. The van der Waals surface area contributed by atoms with Crippen LogP contribution in [0.4, 0.5) is 5.69 Å². The van der Waals surface area contributed by atoms with E-state index in [2.05, 4.69) is 47.5 Å². The molecule has 26 heavy (non-hydrogen) atoms. The Morgan fingerprint density at radius 1 is 1.31 bits per heavy atom. The van der Waals surface area contributed by atoms with E-state index < -0.39 is 0 Å². The molecule has 1 aliphatic rings. The average Bonchev–Trinajstić information content (AvgIpc) is 2.64. The van der Waals surface area contributed by atoms with Gasteiger partial charge in [-0.25, -0.2) is 0 Å². The lowest BCUT2D eigenvalue weighted by molar-refractivity contribution is -0.128. The zero-order valence-electron chi connectivity index (χ0n) is 16.5. The summed E-state index contributed by atoms with van der Waals surface area (Å²) in [5.74, 6) is 0.629. The van der Waals surface area contributed by atoms with Gasteiger partial charge in [0.15, 0.2) is 0 Å². The third-order valence-electron chi connectivity index (χ3n) is 5.20. The molecule has 1 amide bonds. The second-order valence-electron chi connectivity index (χ2n) is 8.42. The van der Waals surface area contributed by atoms with Gasteiger partial charge in [-0.2, -0.15) is 0 Å². The number of aryl methyl sites for hydroxylation is 1. The number of nitrogens with one attached hydrogen (secondary N) is 1. The Balaban J connectivity index is 1.77. The minimum Gasteiger partial charge on any atom is -0.371 e. The highest BCUT2D eigenvalue weighted by molar-refractivity contribution is 5.92. The molecule has 140 valence electrons. The van der Waals surface area contributed by atoms with Crippen molar-refractivity contribution >= 4 is 22.5 Å². The lowest BCUT2D eigenvalue weighted by Gasteiger charge is -2.35. The highest BCUT2D eigenvalue weighted by atomic mass is 16.2. The van der Waals surface area contributed by atoms with Crippen molar-refractivity contribution in [3.05, 3.63) is 36.0 Å². The van der Waals surface area contributed by atoms with E-state index in [0.717, 1.165) is 43.7 Å². The Hall–Kier alpha value is -2.10. The molecule has 1 aromatic heterocycles. The number of anilines is 1. The van der Waals surface area contributed by atoms with Gasteiger partial charge in [-0.1, -0.05) is 45.9 Å². The number of benzene rings is 1. The molecule has 4 heteroatoms. The number of nitrogens with zero attached hydrogens (tertiary/aromatic N) is 2. The van der Waals surface area contributed by atoms with Gasteiger partial charge in [0.2, 0.25) is 5.91 Å². The van der Waals surface area contributed by atoms with Gasteiger partial charge in [0.1, 0.15) is 0 Å². The third-order valence-corrected chi connectivity index (χ3v) is 5.20. The fourth-order valence-electron chi connectivity index (χ4n) is 3.61. The van der Waals surface area contributed by atoms with Crippen molar-refractivity contribution in [3.8, 4) is 0 Å². The van der Waals surface area contributed by atoms with E-state index in [4.69, 9.17) is 4.98 Å². The van der Waals surface area contributed by atoms with Crippen molar-refractivity contribution in [2.45, 2.75) is 47.0 Å². The molecule has 1 N–H and O–H groups in total. The summed E-state index contributed by atoms with van der Waals surface area (Å²) in [4.78, 5) is 19.4. The lowest BCUT2D eigenvalue weighted by Crippen LogP contribution is -2.43. The molecule has 3 rings (SSSR count). The zero-order valence-corrected chi connectivity index (χ0v) is 16.5. The molecule has 2 aromatic rings. The van der Waals surface area contributed by atoms with E-state index in [1.54, 1.807) is 0 Å². The predicted molar refractivity (Wildman–Crippen MR) is 109 cm³/mol. The Morgan fingerprint density at radius 2 is 2.08 bits per heavy atom. The Kier molecular flexibility index (Phi) is 5.49. The van der Waals surface area contributed by atoms with Crippen molar-refractivity contribution in [1.29, 1.82) is 0 Å². The lowest BCUT2D eigenvalue weighted by atomic mass is 9.93. The highest BCUT2D eigenvalue weighted by Crippen LogP contribution is 2.30. The number of hydrogen-bond donors (Lipinski definition) is 1. The van der Waals surface area contributed by atoms with Crippen LogP contribution in [0.1, 0.15) is 46.2 Å². The summed E-state index contributed by atoms with van der Waals surface area (Å²) in [6, 6.07) is 10.7. The Bertz CT molecular complexity index is 779. The van der Waals surface area contributed by atoms with Crippen LogP contribution < -0.4 is 10.2 Å². The second kappa shape index (κ2) is 7.65. The number of aromatic nitrogens is 1. The van der Waals surface area contributed by atoms with Crippen molar-refractivity contribution < 1.29 is 4.79 Å². The summed E-state index contributed by atoms with van der Waals surface area (Å²) in [7, 11) is 0. The maximum atomic E-state index is 12.2. The first-order valence-electron chi connectivity index (χ1n) is 9.80. The maximum Gasteiger partial charge on any atom is 0.225 e. The fraction of sp³-hybridized carbons (Fsp3) is 0.545. The summed E-state index contributed by atoms with van der Waals surface area (Å²) in [5, 5.41) is 4.37. The summed E-state index contributed by atoms with van der Waals surface area (Å²) in [6.45, 7) is 10.9. The first kappa shape index (κ1) is 18.7. The van der Waals surface area contributed by atoms with Crippen LogP contribution in [0, 0.1) is 11.3 Å². The molecule has 0 aliphatic carbocycles. The van der Waals surface area contributed by atoms with Gasteiger partial charge >= 0.3 is 0 Å². The molecule has 1 saturated heterocycles. The predicted octanol–water partition coefficient (Wildman–Crippen LogP) is 4.18. The van der Waals surface area contributed by atoms with Crippen LogP contribution in [0.25, 0.3) is 10.9 Å². The van der Waals surface area contributed by atoms with Crippen LogP contribution in [0.3, 0.4) is 0 Å². The summed E-state index contributed by atoms with van der Waals surface area (Å²) in [6.07, 6.45) is 3.27. The molecule has 1 unspecified atom stereocenters. The number of rotatable bonds is 4. The van der Waals surface area contributed by atoms with Gasteiger partial charge in [0.25, 0.3) is 0 Å². The first-order valence-corrected chi connectivity index (χ1v) is 9.80. The van der Waals surface area contributed by atoms with Gasteiger partial charge in [-0.05, 0) is 37.3 Å². The molecule has 2 heterocycles. The highest BCUT2D eigenvalue weighted by Gasteiger charge is 2.25. The topological polar surface area (TPSA) is 45.2 Å². The number of fused-ring (bicyclic) bond motifs is 1. The van der Waals surface area contributed by atoms with E-state index in [9.17, 15) is 4.79 Å². The fourth-order valence-corrected chi connectivity index (χ4v) is 3.61. The number of carbonyl (C=O) groups excluding carboxylic acids is 1. The van der Waals surface area contributed by atoms with Crippen molar-refractivity contribution in [1.82, 2.24) is 10.3 Å². The largest absolute Gasteiger partial charge is 0.371 e. The van der Waals surface area contributed by atoms with Crippen LogP contribution in [-0.4, -0.2) is 30.5 Å². The first-order chi connectivity index (χ1) is 12.4. The molecule has 0 bridgehead atoms. The number of piperidine rings is 1. The SMILES string of the molecule is CCc1cc(N2CCCC(CNC(=O)C(C)(C)C)C2)c2ccccc2n1. The van der Waals surface area contributed by atoms with Crippen molar-refractivity contribution in [2.24, 2.45) is 11.3 Å². The van der Waals surface area contributed by atoms with Crippen LogP contribution >= 0.6 is 0 Å². The minimum absolute atomic E-state index is 0.136.